The van der Waals surface area contributed by atoms with E-state index in [0.717, 1.165) is 16.7 Å². The van der Waals surface area contributed by atoms with E-state index in [0.29, 0.717) is 36.5 Å². The molecule has 124 heavy (non-hydrogen) atoms. The first-order chi connectivity index (χ1) is 58.9. The predicted molar refractivity (Wildman–Crippen MR) is 478 cm³/mol. The van der Waals surface area contributed by atoms with E-state index in [1.165, 1.54) is 113 Å². The van der Waals surface area contributed by atoms with Crippen LogP contribution in [0.4, 0.5) is 41.0 Å². The molecule has 0 unspecified atom stereocenters. The zero-order valence-corrected chi connectivity index (χ0v) is 73.3. The van der Waals surface area contributed by atoms with Gasteiger partial charge in [0.2, 0.25) is 0 Å². The number of hydrogen-bond donors (Lipinski definition) is 8. The number of rotatable bonds is 30. The summed E-state index contributed by atoms with van der Waals surface area (Å²) >= 11 is 4.63. The molecule has 0 fully saturated rings. The maximum absolute atomic E-state index is 13.4. The standard InChI is InChI=1S/C29H35N3O3S.C20H18N.C17H24N4O7S.C13H8N2O7.C10H19NO4S/c1-28(2,3)35-27(34)30-25(20-21-36-4)26(33)31-32-29(22-14-8-5-9-15-22,23-16-10-6-11-17-23)24-18-12-7-13-19-24;1-21-20(17-11-5-2-6-12-17,18-13-7-3-8-14-18)19-15-9-4-10-16-19;1-17(2,3)28-15(23)18-13(9-10-29-4)14(22)19-20-16(24)27-12-7-5-11(6-8-12)21(25)26;16-13(21-11-5-1-9(2-6-11)14(17)18)22-12-7-3-10(4-8-12)15(19)20;1-10(2,3)15-9(14)11-7(8(12)13)5-6-16-4/h5-19,25,32H,20-21H2,1-4H3,(H,30,34)(H,31,33);2-16H,1H3;5-8,13H,9-10H2,1-4H3,(H,18,23)(H,19,22)(H,20,24);1-8H;7H,5-6H2,1-4H3,(H,11,14)(H,12,13)/q;-1;;;/t25-;;13-;;7-/m0.0.0/s1. The number of nitrogens with one attached hydrogen (secondary N) is 7. The minimum atomic E-state index is -1.07. The number of alkyl carbamates (subject to hydrolysis) is 3. The van der Waals surface area contributed by atoms with Crippen molar-refractivity contribution in [2.75, 3.05) is 43.1 Å². The molecular formula is C89H104N11O21S3-. The van der Waals surface area contributed by atoms with Crippen molar-refractivity contribution in [1.82, 2.24) is 37.7 Å². The van der Waals surface area contributed by atoms with E-state index in [-0.39, 0.29) is 40.2 Å². The molecular weight excluding hydrogens is 1660 g/mol. The topological polar surface area (TPSA) is 440 Å². The van der Waals surface area contributed by atoms with Gasteiger partial charge in [0.05, 0.1) is 14.8 Å². The van der Waals surface area contributed by atoms with Gasteiger partial charge < -0.3 is 54.8 Å². The number of thioether (sulfide) groups is 3. The molecule has 9 rings (SSSR count). The third-order valence-electron chi connectivity index (χ3n) is 16.8. The normalized spacial score (nSPS) is 11.7. The van der Waals surface area contributed by atoms with Gasteiger partial charge in [-0.3, -0.25) is 50.8 Å². The molecule has 9 aromatic rings. The van der Waals surface area contributed by atoms with Crippen LogP contribution in [0.15, 0.2) is 255 Å². The molecule has 0 radical (unpaired) electrons. The third kappa shape index (κ3) is 35.2. The smallest absolute Gasteiger partial charge is 0.519 e. The van der Waals surface area contributed by atoms with Gasteiger partial charge in [0.25, 0.3) is 28.9 Å². The maximum atomic E-state index is 13.4. The van der Waals surface area contributed by atoms with Crippen LogP contribution in [0, 0.1) is 30.3 Å². The summed E-state index contributed by atoms with van der Waals surface area (Å²) in [6.07, 6.45) is 2.71. The van der Waals surface area contributed by atoms with Crippen LogP contribution in [0.1, 0.15) is 115 Å². The highest BCUT2D eigenvalue weighted by Crippen LogP contribution is 2.43. The Kier molecular flexibility index (Phi) is 41.7. The Bertz CT molecular complexity index is 4600. The summed E-state index contributed by atoms with van der Waals surface area (Å²) in [4.78, 5) is 125. The Morgan fingerprint density at radius 2 is 0.621 bits per heavy atom. The van der Waals surface area contributed by atoms with E-state index >= 15 is 0 Å². The zero-order chi connectivity index (χ0) is 91.5. The second-order valence-electron chi connectivity index (χ2n) is 29.5. The number of nitrogens with zero attached hydrogens (tertiary/aromatic N) is 4. The number of carboxylic acids is 1. The van der Waals surface area contributed by atoms with Crippen molar-refractivity contribution in [3.05, 3.63) is 324 Å². The number of non-ortho nitro benzene ring substituents is 3. The summed E-state index contributed by atoms with van der Waals surface area (Å²) in [5, 5.41) is 52.8. The van der Waals surface area contributed by atoms with E-state index in [1.54, 1.807) is 74.1 Å². The van der Waals surface area contributed by atoms with Gasteiger partial charge in [-0.25, -0.2) is 39.6 Å². The lowest BCUT2D eigenvalue weighted by Gasteiger charge is -2.47. The van der Waals surface area contributed by atoms with Crippen LogP contribution in [0.3, 0.4) is 0 Å². The van der Waals surface area contributed by atoms with Crippen molar-refractivity contribution < 1.29 is 86.7 Å². The van der Waals surface area contributed by atoms with Gasteiger partial charge >= 0.3 is 36.5 Å². The minimum absolute atomic E-state index is 0.0492. The van der Waals surface area contributed by atoms with Gasteiger partial charge in [0, 0.05) is 36.4 Å². The predicted octanol–water partition coefficient (Wildman–Crippen LogP) is 17.4. The van der Waals surface area contributed by atoms with Crippen molar-refractivity contribution in [3.8, 4) is 17.2 Å². The van der Waals surface area contributed by atoms with Crippen LogP contribution in [0.5, 0.6) is 17.2 Å². The van der Waals surface area contributed by atoms with Crippen molar-refractivity contribution in [3.63, 3.8) is 0 Å². The number of carbonyl (C=O) groups is 8. The molecule has 0 saturated heterocycles. The third-order valence-corrected chi connectivity index (χ3v) is 18.7. The molecule has 0 aliphatic heterocycles. The number of hydrogen-bond acceptors (Lipinski definition) is 24. The minimum Gasteiger partial charge on any atom is -0.648 e. The number of carbonyl (C=O) groups excluding carboxylic acids is 7. The Morgan fingerprint density at radius 3 is 0.879 bits per heavy atom. The highest BCUT2D eigenvalue weighted by atomic mass is 32.2. The van der Waals surface area contributed by atoms with E-state index in [9.17, 15) is 68.7 Å². The molecule has 0 aliphatic rings. The van der Waals surface area contributed by atoms with Crippen molar-refractivity contribution in [2.24, 2.45) is 0 Å². The zero-order valence-electron chi connectivity index (χ0n) is 70.8. The van der Waals surface area contributed by atoms with Crippen LogP contribution in [-0.2, 0) is 39.7 Å². The number of nitro groups is 3. The molecule has 0 aromatic heterocycles. The number of ether oxygens (including phenoxy) is 6. The van der Waals surface area contributed by atoms with Gasteiger partial charge in [-0.1, -0.05) is 199 Å². The molecule has 0 heterocycles. The summed E-state index contributed by atoms with van der Waals surface area (Å²) in [7, 11) is 1.90. The maximum Gasteiger partial charge on any atom is 0.519 e. The second kappa shape index (κ2) is 51.0. The van der Waals surface area contributed by atoms with Crippen LogP contribution < -0.4 is 51.9 Å². The van der Waals surface area contributed by atoms with Gasteiger partial charge in [-0.05, 0) is 176 Å². The molecule has 0 spiro atoms. The summed E-state index contributed by atoms with van der Waals surface area (Å²) in [6, 6.07) is 73.3. The van der Waals surface area contributed by atoms with Gasteiger partial charge in [0.1, 0.15) is 57.7 Å². The molecule has 0 bridgehead atoms. The van der Waals surface area contributed by atoms with Crippen LogP contribution in [-0.4, -0.2) is 146 Å². The Labute approximate surface area is 732 Å². The van der Waals surface area contributed by atoms with Crippen molar-refractivity contribution in [1.29, 1.82) is 0 Å². The summed E-state index contributed by atoms with van der Waals surface area (Å²) in [5.41, 5.74) is 13.2. The lowest BCUT2D eigenvalue weighted by atomic mass is 9.77. The van der Waals surface area contributed by atoms with Crippen molar-refractivity contribution in [2.45, 2.75) is 128 Å². The average Bonchev–Trinajstić information content (AvgIpc) is 0.756. The Balaban J connectivity index is 0.000000283. The van der Waals surface area contributed by atoms with E-state index < -0.39 is 103 Å². The molecule has 660 valence electrons. The first-order valence-corrected chi connectivity index (χ1v) is 42.7. The van der Waals surface area contributed by atoms with E-state index in [1.807, 2.05) is 135 Å². The fraction of sp³-hybridized carbons (Fsp3) is 0.303. The van der Waals surface area contributed by atoms with Gasteiger partial charge in [0.15, 0.2) is 0 Å². The molecule has 0 aliphatic carbocycles. The van der Waals surface area contributed by atoms with Gasteiger partial charge in [-0.15, -0.1) is 0 Å². The molecule has 32 nitrogen and oxygen atoms in total. The number of amides is 6. The van der Waals surface area contributed by atoms with E-state index in [2.05, 4.69) is 110 Å². The number of hydrazine groups is 2. The molecule has 0 saturated carbocycles. The number of carboxylic acid groups (broad SMARTS) is 1. The largest absolute Gasteiger partial charge is 0.648 e. The summed E-state index contributed by atoms with van der Waals surface area (Å²) < 4.78 is 30.0. The van der Waals surface area contributed by atoms with E-state index in [4.69, 9.17) is 38.8 Å². The SMILES string of the molecule is CSCC[C@H](NC(=O)OC(C)(C)C)C(=O)NNC(=O)Oc1ccc([N+](=O)[O-])cc1.CSCC[C@H](NC(=O)OC(C)(C)C)C(=O)NNC(c1ccccc1)(c1ccccc1)c1ccccc1.CSCC[C@H](NC(=O)OC(C)(C)C)C(=O)O.C[N-]C(c1ccccc1)(c1ccccc1)c1ccccc1.O=C(Oc1ccc([N+](=O)[O-])cc1)Oc1ccc([N+](=O)[O-])cc1. The van der Waals surface area contributed by atoms with Crippen molar-refractivity contribution >= 4 is 101 Å². The summed E-state index contributed by atoms with van der Waals surface area (Å²) in [6.45, 7) is 15.6. The highest BCUT2D eigenvalue weighted by molar-refractivity contribution is 7.99. The lowest BCUT2D eigenvalue weighted by molar-refractivity contribution is -0.385. The molecule has 35 heteroatoms. The summed E-state index contributed by atoms with van der Waals surface area (Å²) in [5.74, 6) is 0.0962. The van der Waals surface area contributed by atoms with Gasteiger partial charge in [-0.2, -0.15) is 42.3 Å². The molecule has 8 N–H and O–H groups in total. The fourth-order valence-electron chi connectivity index (χ4n) is 11.3. The van der Waals surface area contributed by atoms with Crippen LogP contribution >= 0.6 is 35.3 Å². The van der Waals surface area contributed by atoms with Crippen LogP contribution in [0.2, 0.25) is 0 Å². The average molecular weight is 1760 g/mol. The molecule has 3 atom stereocenters. The number of nitro benzene ring substituents is 3. The number of aliphatic carboxylic acids is 1. The highest BCUT2D eigenvalue weighted by Gasteiger charge is 2.38. The van der Waals surface area contributed by atoms with Crippen LogP contribution in [0.25, 0.3) is 5.32 Å². The first kappa shape index (κ1) is 101. The molecule has 6 amide bonds. The monoisotopic (exact) mass is 1760 g/mol. The Hall–Kier alpha value is -13.1. The quantitative estimate of drug-likeness (QED) is 0.00517. The second-order valence-corrected chi connectivity index (χ2v) is 32.4. The number of benzene rings is 9. The molecule has 9 aromatic carbocycles. The Morgan fingerprint density at radius 1 is 0.363 bits per heavy atom. The fourth-order valence-corrected chi connectivity index (χ4v) is 12.7. The first-order valence-electron chi connectivity index (χ1n) is 38.5. The lowest BCUT2D eigenvalue weighted by Crippen LogP contribution is -2.58.